The van der Waals surface area contributed by atoms with Crippen molar-refractivity contribution in [3.8, 4) is 0 Å². The van der Waals surface area contributed by atoms with E-state index in [0.717, 1.165) is 42.1 Å². The van der Waals surface area contributed by atoms with Crippen molar-refractivity contribution in [2.75, 3.05) is 93.2 Å². The summed E-state index contributed by atoms with van der Waals surface area (Å²) in [6.07, 6.45) is 9.27. The van der Waals surface area contributed by atoms with Gasteiger partial charge in [-0.2, -0.15) is 20.9 Å². The minimum atomic E-state index is -0.982. The van der Waals surface area contributed by atoms with Gasteiger partial charge in [0.2, 0.25) is 12.7 Å². The fraction of sp³-hybridized carbons (Fsp3) is 0.388. The van der Waals surface area contributed by atoms with Crippen molar-refractivity contribution in [1.82, 2.24) is 31.8 Å². The first-order valence-corrected chi connectivity index (χ1v) is 24.7. The number of ether oxygens (including phenoxy) is 1. The monoisotopic (exact) mass is 1030 g/mol. The zero-order chi connectivity index (χ0) is 52.5. The van der Waals surface area contributed by atoms with Gasteiger partial charge in [-0.15, -0.1) is 10.2 Å². The zero-order valence-electron chi connectivity index (χ0n) is 41.4. The number of aliphatic hydroxyl groups excluding tert-OH is 2. The number of amides is 6. The number of aryl methyl sites for hydroxylation is 4. The second-order valence-electron chi connectivity index (χ2n) is 16.8. The van der Waals surface area contributed by atoms with Crippen molar-refractivity contribution in [3.63, 3.8) is 0 Å². The summed E-state index contributed by atoms with van der Waals surface area (Å²) in [5.41, 5.74) is 14.3. The molecule has 0 spiro atoms. The van der Waals surface area contributed by atoms with E-state index in [0.29, 0.717) is 84.5 Å². The number of thioether (sulfide) groups is 1. The highest BCUT2D eigenvalue weighted by molar-refractivity contribution is 7.99. The lowest BCUT2D eigenvalue weighted by molar-refractivity contribution is -0.684. The standard InChI is InChI=1S/C49H63N13O10S/c1-33-22-37(28-61(26-33)30-43(64)54-39-6-8-41(35(3)24-39)56-58-48(69)46(67)50-10-5-14-60-15-18-71-19-16-60)32-72-53-13-21-73-20-12-52-45(66)38-23-34(2)27-62(29-38)31-44(65)55-40-7-9-42(36(4)25-40)57-59-49(70)47(68)51-11-17-63/h6-9,22-30,53,63H,5,10-21,31-32H2,1-4H3,(H6-2,50,51,52,54,55,56,57,58,59,64,65,66,67,68,69,70)/p+2/b43-30+. The van der Waals surface area contributed by atoms with Crippen LogP contribution in [0.1, 0.15) is 44.6 Å². The van der Waals surface area contributed by atoms with Gasteiger partial charge in [0, 0.05) is 78.8 Å². The second kappa shape index (κ2) is 29.9. The molecule has 1 fully saturated rings. The summed E-state index contributed by atoms with van der Waals surface area (Å²) in [6.45, 7) is 12.4. The van der Waals surface area contributed by atoms with Crippen LogP contribution in [0.5, 0.6) is 0 Å². The van der Waals surface area contributed by atoms with Gasteiger partial charge in [0.05, 0.1) is 37.8 Å². The molecule has 23 nitrogen and oxygen atoms in total. The van der Waals surface area contributed by atoms with E-state index >= 15 is 0 Å². The average molecular weight is 1030 g/mol. The molecule has 6 amide bonds. The number of morpholine rings is 1. The van der Waals surface area contributed by atoms with Gasteiger partial charge in [0.25, 0.3) is 17.7 Å². The van der Waals surface area contributed by atoms with E-state index in [9.17, 15) is 33.9 Å². The molecule has 390 valence electrons. The lowest BCUT2D eigenvalue weighted by Crippen LogP contribution is -2.43. The Bertz CT molecular complexity index is 2630. The Balaban J connectivity index is 0.958. The number of nitrogens with zero attached hydrogens (tertiary/aromatic N) is 5. The Morgan fingerprint density at radius 2 is 1.52 bits per heavy atom. The quantitative estimate of drug-likeness (QED) is 0.0113. The molecule has 5 rings (SSSR count). The number of azo groups is 1. The van der Waals surface area contributed by atoms with Gasteiger partial charge in [-0.25, -0.2) is 5.48 Å². The largest absolute Gasteiger partial charge is 0.490 e. The number of aliphatic hydroxyl groups is 2. The maximum atomic E-state index is 13.0. The van der Waals surface area contributed by atoms with E-state index in [1.54, 1.807) is 89.6 Å². The third-order valence-electron chi connectivity index (χ3n) is 10.6. The number of anilines is 3. The minimum Gasteiger partial charge on any atom is -0.490 e. The normalized spacial score (nSPS) is 12.8. The highest BCUT2D eigenvalue weighted by Gasteiger charge is 2.18. The first-order chi connectivity index (χ1) is 35.1. The number of carbonyl (C=O) groups excluding carboxylic acids is 6. The lowest BCUT2D eigenvalue weighted by Gasteiger charge is -2.26. The molecule has 0 bridgehead atoms. The van der Waals surface area contributed by atoms with Crippen LogP contribution in [-0.4, -0.2) is 128 Å². The summed E-state index contributed by atoms with van der Waals surface area (Å²) in [5.74, 6) is -2.94. The summed E-state index contributed by atoms with van der Waals surface area (Å²) < 4.78 is 8.69. The predicted molar refractivity (Wildman–Crippen MR) is 273 cm³/mol. The van der Waals surface area contributed by atoms with Gasteiger partial charge in [0.1, 0.15) is 5.56 Å². The van der Waals surface area contributed by atoms with Gasteiger partial charge in [-0.3, -0.25) is 49.4 Å². The molecule has 3 heterocycles. The summed E-state index contributed by atoms with van der Waals surface area (Å²) >= 11 is 1.64. The average Bonchev–Trinajstić information content (AvgIpc) is 3.35. The van der Waals surface area contributed by atoms with E-state index in [2.05, 4.69) is 58.0 Å². The first-order valence-electron chi connectivity index (χ1n) is 23.6. The molecular weight excluding hydrogens is 963 g/mol. The van der Waals surface area contributed by atoms with Crippen LogP contribution in [0.4, 0.5) is 22.7 Å². The number of hydroxylamine groups is 1. The Morgan fingerprint density at radius 1 is 0.795 bits per heavy atom. The number of pyridine rings is 2. The van der Waals surface area contributed by atoms with E-state index < -0.39 is 23.6 Å². The number of hydrogen-bond acceptors (Lipinski definition) is 16. The van der Waals surface area contributed by atoms with Crippen LogP contribution in [0.15, 0.2) is 89.4 Å². The van der Waals surface area contributed by atoms with Crippen molar-refractivity contribution in [3.05, 3.63) is 113 Å². The number of carbonyl (C=O) groups is 6. The van der Waals surface area contributed by atoms with Crippen LogP contribution in [0, 0.1) is 27.7 Å². The smallest absolute Gasteiger partial charge is 0.353 e. The van der Waals surface area contributed by atoms with Crippen molar-refractivity contribution in [2.45, 2.75) is 47.3 Å². The highest BCUT2D eigenvalue weighted by Crippen LogP contribution is 2.24. The predicted octanol–water partition coefficient (Wildman–Crippen LogP) is 1.74. The fourth-order valence-electron chi connectivity index (χ4n) is 7.15. The van der Waals surface area contributed by atoms with Gasteiger partial charge in [-0.1, -0.05) is 0 Å². The summed E-state index contributed by atoms with van der Waals surface area (Å²) in [4.78, 5) is 82.0. The number of hydrogen-bond donors (Lipinski definition) is 10. The van der Waals surface area contributed by atoms with Crippen LogP contribution in [0.25, 0.3) is 6.20 Å². The Labute approximate surface area is 427 Å². The van der Waals surface area contributed by atoms with Crippen molar-refractivity contribution in [2.24, 2.45) is 10.2 Å². The number of nitrogens with one attached hydrogen (secondary N) is 8. The Hall–Kier alpha value is -7.35. The van der Waals surface area contributed by atoms with E-state index in [1.165, 1.54) is 6.20 Å². The SMILES string of the molecule is Cc1cc(CONCCSCCNC(=O)c2cc(C)c[n+](CC(=O)Nc3ccc(NNC(=O)C(=O)NCCO)c(C)c3)c2)c[n+](/C=C(/O)Nc2ccc(N=NC(=O)C(=O)NCCCN3CCOCC3)c(C)c2)c1. The summed E-state index contributed by atoms with van der Waals surface area (Å²) in [5, 5.41) is 40.6. The van der Waals surface area contributed by atoms with Gasteiger partial charge < -0.3 is 41.5 Å². The number of benzene rings is 2. The molecule has 0 atom stereocenters. The molecule has 10 N–H and O–H groups in total. The fourth-order valence-corrected chi connectivity index (χ4v) is 7.83. The zero-order valence-corrected chi connectivity index (χ0v) is 42.2. The Morgan fingerprint density at radius 3 is 2.29 bits per heavy atom. The topological polar surface area (TPSA) is 293 Å². The van der Waals surface area contributed by atoms with Crippen molar-refractivity contribution in [1.29, 1.82) is 0 Å². The highest BCUT2D eigenvalue weighted by atomic mass is 32.2. The number of rotatable bonds is 25. The van der Waals surface area contributed by atoms with Crippen LogP contribution in [0.3, 0.4) is 0 Å². The lowest BCUT2D eigenvalue weighted by atomic mass is 10.2. The molecule has 1 aliphatic heterocycles. The van der Waals surface area contributed by atoms with Crippen molar-refractivity contribution < 1.29 is 57.7 Å². The first kappa shape index (κ1) is 56.6. The molecule has 2 aromatic carbocycles. The molecule has 1 saturated heterocycles. The molecule has 2 aromatic heterocycles. The summed E-state index contributed by atoms with van der Waals surface area (Å²) in [7, 11) is 0. The van der Waals surface area contributed by atoms with E-state index in [-0.39, 0.29) is 44.0 Å². The van der Waals surface area contributed by atoms with Crippen LogP contribution >= 0.6 is 11.8 Å². The maximum Gasteiger partial charge on any atom is 0.353 e. The molecule has 4 aromatic rings. The van der Waals surface area contributed by atoms with E-state index in [4.69, 9.17) is 14.7 Å². The van der Waals surface area contributed by atoms with Crippen LogP contribution in [0.2, 0.25) is 0 Å². The molecule has 0 radical (unpaired) electrons. The Kier molecular flexibility index (Phi) is 23.1. The number of hydrazine groups is 1. The molecule has 0 saturated carbocycles. The van der Waals surface area contributed by atoms with Gasteiger partial charge in [0.15, 0.2) is 24.8 Å². The minimum absolute atomic E-state index is 0.0469. The van der Waals surface area contributed by atoms with Crippen LogP contribution in [-0.2, 0) is 46.7 Å². The third kappa shape index (κ3) is 20.4. The second-order valence-corrected chi connectivity index (χ2v) is 18.1. The number of aromatic nitrogens is 2. The van der Waals surface area contributed by atoms with Crippen LogP contribution < -0.4 is 52.0 Å². The van der Waals surface area contributed by atoms with Gasteiger partial charge >= 0.3 is 23.6 Å². The maximum absolute atomic E-state index is 13.0. The molecule has 73 heavy (non-hydrogen) atoms. The molecule has 0 unspecified atom stereocenters. The summed E-state index contributed by atoms with van der Waals surface area (Å²) in [6, 6.07) is 13.7. The molecular formula is C49H65N13O10S+2. The van der Waals surface area contributed by atoms with Crippen molar-refractivity contribution >= 4 is 76.2 Å². The molecule has 1 aliphatic rings. The molecule has 0 aliphatic carbocycles. The third-order valence-corrected chi connectivity index (χ3v) is 11.6. The van der Waals surface area contributed by atoms with E-state index in [1.807, 2.05) is 32.3 Å². The van der Waals surface area contributed by atoms with Gasteiger partial charge in [-0.05, 0) is 100 Å². The molecule has 24 heteroatoms.